The maximum atomic E-state index is 12.2. The molecule has 3 aliphatic rings. The van der Waals surface area contributed by atoms with Crippen LogP contribution in [0.2, 0.25) is 0 Å². The van der Waals surface area contributed by atoms with Crippen LogP contribution in [0.5, 0.6) is 0 Å². The van der Waals surface area contributed by atoms with Gasteiger partial charge in [-0.2, -0.15) is 0 Å². The third kappa shape index (κ3) is 2.88. The van der Waals surface area contributed by atoms with Crippen LogP contribution in [0.1, 0.15) is 38.5 Å². The van der Waals surface area contributed by atoms with Crippen molar-refractivity contribution in [1.82, 2.24) is 15.5 Å². The second-order valence-electron chi connectivity index (χ2n) is 6.08. The number of nitrogens with zero attached hydrogens (tertiary/aromatic N) is 1. The van der Waals surface area contributed by atoms with Gasteiger partial charge in [0, 0.05) is 19.6 Å². The summed E-state index contributed by atoms with van der Waals surface area (Å²) >= 11 is 0. The Balaban J connectivity index is 1.50. The van der Waals surface area contributed by atoms with Crippen LogP contribution in [0.4, 0.5) is 4.79 Å². The van der Waals surface area contributed by atoms with Gasteiger partial charge in [-0.25, -0.2) is 4.79 Å². The van der Waals surface area contributed by atoms with Crippen LogP contribution in [0.15, 0.2) is 0 Å². The Hall–Kier alpha value is -1.63. The molecule has 7 nitrogen and oxygen atoms in total. The zero-order chi connectivity index (χ0) is 14.9. The summed E-state index contributed by atoms with van der Waals surface area (Å²) in [6, 6.07) is -0.468. The highest BCUT2D eigenvalue weighted by atomic mass is 16.5. The Morgan fingerprint density at radius 3 is 2.90 bits per heavy atom. The number of hydrogen-bond acceptors (Lipinski definition) is 4. The fourth-order valence-electron chi connectivity index (χ4n) is 3.32. The maximum absolute atomic E-state index is 12.2. The lowest BCUT2D eigenvalue weighted by molar-refractivity contribution is -0.131. The fourth-order valence-corrected chi connectivity index (χ4v) is 3.32. The fraction of sp³-hybridized carbons (Fsp3) is 0.786. The molecule has 2 atom stereocenters. The van der Waals surface area contributed by atoms with Crippen molar-refractivity contribution < 1.29 is 19.1 Å². The number of ether oxygens (including phenoxy) is 1. The third-order valence-electron chi connectivity index (χ3n) is 4.59. The summed E-state index contributed by atoms with van der Waals surface area (Å²) < 4.78 is 5.62. The van der Waals surface area contributed by atoms with Gasteiger partial charge >= 0.3 is 6.03 Å². The first kappa shape index (κ1) is 14.3. The van der Waals surface area contributed by atoms with Gasteiger partial charge in [0.2, 0.25) is 5.91 Å². The number of urea groups is 1. The minimum absolute atomic E-state index is 0.0370. The number of amides is 4. The number of carbonyl (C=O) groups is 3. The number of carbonyl (C=O) groups excluding carboxylic acids is 3. The minimum atomic E-state index is -0.909. The van der Waals surface area contributed by atoms with Gasteiger partial charge in [0.1, 0.15) is 5.54 Å². The maximum Gasteiger partial charge on any atom is 0.322 e. The molecule has 0 aromatic rings. The van der Waals surface area contributed by atoms with E-state index in [2.05, 4.69) is 10.6 Å². The summed E-state index contributed by atoms with van der Waals surface area (Å²) in [5, 5.41) is 4.90. The molecule has 116 valence electrons. The highest BCUT2D eigenvalue weighted by molar-refractivity contribution is 6.07. The molecule has 0 bridgehead atoms. The summed E-state index contributed by atoms with van der Waals surface area (Å²) in [6.07, 6.45) is 5.14. The highest BCUT2D eigenvalue weighted by Crippen LogP contribution is 2.26. The summed E-state index contributed by atoms with van der Waals surface area (Å²) in [4.78, 5) is 37.0. The van der Waals surface area contributed by atoms with E-state index >= 15 is 0 Å². The monoisotopic (exact) mass is 295 g/mol. The van der Waals surface area contributed by atoms with Crippen LogP contribution >= 0.6 is 0 Å². The summed E-state index contributed by atoms with van der Waals surface area (Å²) in [5.41, 5.74) is -0.909. The largest absolute Gasteiger partial charge is 0.378 e. The molecule has 21 heavy (non-hydrogen) atoms. The van der Waals surface area contributed by atoms with Crippen LogP contribution in [-0.4, -0.2) is 54.1 Å². The normalized spacial score (nSPS) is 32.4. The predicted octanol–water partition coefficient (Wildman–Crippen LogP) is 0.146. The van der Waals surface area contributed by atoms with Crippen molar-refractivity contribution in [2.45, 2.75) is 50.2 Å². The number of hydrogen-bond donors (Lipinski definition) is 2. The van der Waals surface area contributed by atoms with E-state index in [4.69, 9.17) is 4.74 Å². The van der Waals surface area contributed by atoms with Crippen LogP contribution in [0, 0.1) is 0 Å². The number of rotatable bonds is 3. The standard InChI is InChI=1S/C14H21N3O4/c18-11(5-4-10-3-1-2-8-21-10)17-7-6-14(9-17)12(19)15-13(20)16-14/h10H,1-9H2,(H2,15,16,19,20). The molecule has 0 saturated carbocycles. The molecule has 2 unspecified atom stereocenters. The molecule has 3 rings (SSSR count). The van der Waals surface area contributed by atoms with Crippen molar-refractivity contribution in [2.75, 3.05) is 19.7 Å². The van der Waals surface area contributed by atoms with Gasteiger partial charge in [-0.05, 0) is 32.1 Å². The highest BCUT2D eigenvalue weighted by Gasteiger charge is 2.51. The van der Waals surface area contributed by atoms with Crippen LogP contribution in [0.3, 0.4) is 0 Å². The average Bonchev–Trinajstić information content (AvgIpc) is 3.02. The van der Waals surface area contributed by atoms with Crippen molar-refractivity contribution in [3.8, 4) is 0 Å². The van der Waals surface area contributed by atoms with E-state index in [1.165, 1.54) is 0 Å². The molecule has 3 fully saturated rings. The smallest absolute Gasteiger partial charge is 0.322 e. The first-order valence-corrected chi connectivity index (χ1v) is 7.62. The molecule has 4 amide bonds. The average molecular weight is 295 g/mol. The van der Waals surface area contributed by atoms with Gasteiger partial charge in [0.15, 0.2) is 0 Å². The first-order chi connectivity index (χ1) is 10.1. The Kier molecular flexibility index (Phi) is 3.84. The Bertz CT molecular complexity index is 461. The van der Waals surface area contributed by atoms with Gasteiger partial charge in [-0.3, -0.25) is 14.9 Å². The van der Waals surface area contributed by atoms with Crippen LogP contribution in [-0.2, 0) is 14.3 Å². The van der Waals surface area contributed by atoms with Crippen molar-refractivity contribution in [3.63, 3.8) is 0 Å². The number of likely N-dealkylation sites (tertiary alicyclic amines) is 1. The van der Waals surface area contributed by atoms with Crippen molar-refractivity contribution in [2.24, 2.45) is 0 Å². The molecule has 0 aliphatic carbocycles. The molecular formula is C14H21N3O4. The van der Waals surface area contributed by atoms with E-state index < -0.39 is 11.6 Å². The van der Waals surface area contributed by atoms with Crippen molar-refractivity contribution in [3.05, 3.63) is 0 Å². The first-order valence-electron chi connectivity index (χ1n) is 7.62. The molecule has 1 spiro atoms. The van der Waals surface area contributed by atoms with Crippen molar-refractivity contribution in [1.29, 1.82) is 0 Å². The van der Waals surface area contributed by atoms with E-state index in [1.54, 1.807) is 4.90 Å². The summed E-state index contributed by atoms with van der Waals surface area (Å²) in [7, 11) is 0. The molecule has 3 saturated heterocycles. The second kappa shape index (κ2) is 5.63. The third-order valence-corrected chi connectivity index (χ3v) is 4.59. The second-order valence-corrected chi connectivity index (χ2v) is 6.08. The molecule has 0 aromatic carbocycles. The predicted molar refractivity (Wildman–Crippen MR) is 73.4 cm³/mol. The van der Waals surface area contributed by atoms with Crippen LogP contribution in [0.25, 0.3) is 0 Å². The lowest BCUT2D eigenvalue weighted by Gasteiger charge is -2.24. The van der Waals surface area contributed by atoms with E-state index in [0.29, 0.717) is 19.4 Å². The summed E-state index contributed by atoms with van der Waals surface area (Å²) in [6.45, 7) is 1.57. The molecule has 0 radical (unpaired) electrons. The van der Waals surface area contributed by atoms with Gasteiger partial charge < -0.3 is 15.0 Å². The Morgan fingerprint density at radius 1 is 1.38 bits per heavy atom. The van der Waals surface area contributed by atoms with Crippen LogP contribution < -0.4 is 10.6 Å². The Morgan fingerprint density at radius 2 is 2.24 bits per heavy atom. The van der Waals surface area contributed by atoms with E-state index in [0.717, 1.165) is 32.3 Å². The SMILES string of the molecule is O=C1NC(=O)C2(CCN(C(=O)CCC3CCCCO3)C2)N1. The molecule has 3 aliphatic heterocycles. The molecule has 3 heterocycles. The molecule has 2 N–H and O–H groups in total. The lowest BCUT2D eigenvalue weighted by atomic mass is 9.99. The van der Waals surface area contributed by atoms with Crippen molar-refractivity contribution >= 4 is 17.8 Å². The molecule has 0 aromatic heterocycles. The zero-order valence-corrected chi connectivity index (χ0v) is 12.0. The van der Waals surface area contributed by atoms with Gasteiger partial charge in [0.05, 0.1) is 12.6 Å². The number of nitrogens with one attached hydrogen (secondary N) is 2. The van der Waals surface area contributed by atoms with E-state index in [9.17, 15) is 14.4 Å². The van der Waals surface area contributed by atoms with Gasteiger partial charge in [-0.15, -0.1) is 0 Å². The van der Waals surface area contributed by atoms with Gasteiger partial charge in [0.25, 0.3) is 5.91 Å². The van der Waals surface area contributed by atoms with E-state index in [-0.39, 0.29) is 24.5 Å². The topological polar surface area (TPSA) is 87.7 Å². The quantitative estimate of drug-likeness (QED) is 0.725. The number of imide groups is 1. The minimum Gasteiger partial charge on any atom is -0.378 e. The lowest BCUT2D eigenvalue weighted by Crippen LogP contribution is -2.49. The summed E-state index contributed by atoms with van der Waals surface area (Å²) in [5.74, 6) is -0.284. The van der Waals surface area contributed by atoms with E-state index in [1.807, 2.05) is 0 Å². The van der Waals surface area contributed by atoms with Gasteiger partial charge in [-0.1, -0.05) is 0 Å². The zero-order valence-electron chi connectivity index (χ0n) is 12.0. The molecular weight excluding hydrogens is 274 g/mol. The Labute approximate surface area is 123 Å². The molecule has 7 heteroatoms.